The van der Waals surface area contributed by atoms with E-state index in [0.717, 1.165) is 48.4 Å². The Morgan fingerprint density at radius 2 is 2.05 bits per heavy atom. The molecule has 0 aliphatic heterocycles. The van der Waals surface area contributed by atoms with E-state index in [4.69, 9.17) is 10.2 Å². The SMILES string of the molecule is Cc1cccc2nc(CCC(CCN)C(C)C)oc12. The minimum Gasteiger partial charge on any atom is -0.440 e. The summed E-state index contributed by atoms with van der Waals surface area (Å²) in [4.78, 5) is 4.57. The Kier molecular flexibility index (Phi) is 4.59. The summed E-state index contributed by atoms with van der Waals surface area (Å²) >= 11 is 0. The molecule has 104 valence electrons. The number of nitrogens with zero attached hydrogens (tertiary/aromatic N) is 1. The molecular formula is C16H24N2O. The van der Waals surface area contributed by atoms with Crippen LogP contribution < -0.4 is 5.73 Å². The summed E-state index contributed by atoms with van der Waals surface area (Å²) in [6.07, 6.45) is 3.08. The lowest BCUT2D eigenvalue weighted by atomic mass is 9.88. The van der Waals surface area contributed by atoms with Crippen LogP contribution in [0.3, 0.4) is 0 Å². The molecule has 0 saturated heterocycles. The monoisotopic (exact) mass is 260 g/mol. The van der Waals surface area contributed by atoms with Crippen molar-refractivity contribution < 1.29 is 4.42 Å². The fourth-order valence-corrected chi connectivity index (χ4v) is 2.57. The quantitative estimate of drug-likeness (QED) is 0.861. The van der Waals surface area contributed by atoms with E-state index in [1.807, 2.05) is 12.1 Å². The smallest absolute Gasteiger partial charge is 0.195 e. The van der Waals surface area contributed by atoms with Gasteiger partial charge in [-0.25, -0.2) is 4.98 Å². The molecule has 19 heavy (non-hydrogen) atoms. The summed E-state index contributed by atoms with van der Waals surface area (Å²) in [5.74, 6) is 2.17. The van der Waals surface area contributed by atoms with Crippen LogP contribution in [-0.2, 0) is 6.42 Å². The average Bonchev–Trinajstić information content (AvgIpc) is 2.78. The number of oxazole rings is 1. The highest BCUT2D eigenvalue weighted by molar-refractivity contribution is 5.75. The van der Waals surface area contributed by atoms with Crippen molar-refractivity contribution in [2.24, 2.45) is 17.6 Å². The summed E-state index contributed by atoms with van der Waals surface area (Å²) in [7, 11) is 0. The van der Waals surface area contributed by atoms with Crippen LogP contribution in [0.5, 0.6) is 0 Å². The van der Waals surface area contributed by atoms with Gasteiger partial charge in [-0.15, -0.1) is 0 Å². The summed E-state index contributed by atoms with van der Waals surface area (Å²) in [5.41, 5.74) is 8.73. The number of nitrogens with two attached hydrogens (primary N) is 1. The third kappa shape index (κ3) is 3.35. The molecule has 0 aliphatic carbocycles. The Hall–Kier alpha value is -1.35. The van der Waals surface area contributed by atoms with E-state index in [1.54, 1.807) is 0 Å². The van der Waals surface area contributed by atoms with Gasteiger partial charge in [-0.2, -0.15) is 0 Å². The third-order valence-electron chi connectivity index (χ3n) is 3.87. The molecule has 2 N–H and O–H groups in total. The maximum atomic E-state index is 5.86. The Morgan fingerprint density at radius 3 is 2.68 bits per heavy atom. The lowest BCUT2D eigenvalue weighted by Gasteiger charge is -2.18. The van der Waals surface area contributed by atoms with E-state index in [-0.39, 0.29) is 0 Å². The molecule has 1 atom stereocenters. The largest absolute Gasteiger partial charge is 0.440 e. The van der Waals surface area contributed by atoms with Crippen LogP contribution in [-0.4, -0.2) is 11.5 Å². The fraction of sp³-hybridized carbons (Fsp3) is 0.562. The average molecular weight is 260 g/mol. The van der Waals surface area contributed by atoms with Crippen molar-refractivity contribution in [2.45, 2.75) is 40.0 Å². The zero-order chi connectivity index (χ0) is 13.8. The van der Waals surface area contributed by atoms with E-state index in [2.05, 4.69) is 31.8 Å². The highest BCUT2D eigenvalue weighted by atomic mass is 16.3. The van der Waals surface area contributed by atoms with Gasteiger partial charge >= 0.3 is 0 Å². The number of rotatable bonds is 6. The predicted molar refractivity (Wildman–Crippen MR) is 79.1 cm³/mol. The van der Waals surface area contributed by atoms with Crippen LogP contribution in [0, 0.1) is 18.8 Å². The van der Waals surface area contributed by atoms with Gasteiger partial charge in [0.1, 0.15) is 5.52 Å². The number of fused-ring (bicyclic) bond motifs is 1. The molecule has 0 bridgehead atoms. The van der Waals surface area contributed by atoms with Gasteiger partial charge in [-0.3, -0.25) is 0 Å². The molecule has 0 amide bonds. The topological polar surface area (TPSA) is 52.0 Å². The van der Waals surface area contributed by atoms with Crippen LogP contribution in [0.15, 0.2) is 22.6 Å². The first kappa shape index (κ1) is 14.1. The lowest BCUT2D eigenvalue weighted by molar-refractivity contribution is 0.330. The molecule has 0 radical (unpaired) electrons. The van der Waals surface area contributed by atoms with Crippen molar-refractivity contribution in [3.63, 3.8) is 0 Å². The molecule has 3 heteroatoms. The maximum Gasteiger partial charge on any atom is 0.195 e. The second-order valence-corrected chi connectivity index (χ2v) is 5.65. The zero-order valence-electron chi connectivity index (χ0n) is 12.1. The molecular weight excluding hydrogens is 236 g/mol. The molecule has 0 spiro atoms. The molecule has 0 aliphatic rings. The summed E-state index contributed by atoms with van der Waals surface area (Å²) < 4.78 is 5.86. The molecule has 1 aromatic carbocycles. The fourth-order valence-electron chi connectivity index (χ4n) is 2.57. The van der Waals surface area contributed by atoms with Crippen molar-refractivity contribution in [1.29, 1.82) is 0 Å². The highest BCUT2D eigenvalue weighted by Crippen LogP contribution is 2.24. The van der Waals surface area contributed by atoms with Gasteiger partial charge in [-0.1, -0.05) is 26.0 Å². The van der Waals surface area contributed by atoms with E-state index >= 15 is 0 Å². The number of hydrogen-bond acceptors (Lipinski definition) is 3. The Labute approximate surface area is 115 Å². The summed E-state index contributed by atoms with van der Waals surface area (Å²) in [6, 6.07) is 6.09. The zero-order valence-corrected chi connectivity index (χ0v) is 12.1. The van der Waals surface area contributed by atoms with Gasteiger partial charge in [0.15, 0.2) is 11.5 Å². The minimum atomic E-state index is 0.654. The molecule has 2 aromatic rings. The lowest BCUT2D eigenvalue weighted by Crippen LogP contribution is -2.15. The van der Waals surface area contributed by atoms with Crippen molar-refractivity contribution >= 4 is 11.1 Å². The molecule has 1 heterocycles. The van der Waals surface area contributed by atoms with E-state index in [0.29, 0.717) is 11.8 Å². The number of aryl methyl sites for hydroxylation is 2. The van der Waals surface area contributed by atoms with Crippen LogP contribution in [0.2, 0.25) is 0 Å². The molecule has 2 rings (SSSR count). The van der Waals surface area contributed by atoms with E-state index in [1.165, 1.54) is 0 Å². The number of para-hydroxylation sites is 1. The van der Waals surface area contributed by atoms with Gasteiger partial charge in [0.25, 0.3) is 0 Å². The van der Waals surface area contributed by atoms with E-state index in [9.17, 15) is 0 Å². The van der Waals surface area contributed by atoms with Gasteiger partial charge < -0.3 is 10.2 Å². The van der Waals surface area contributed by atoms with Crippen molar-refractivity contribution in [2.75, 3.05) is 6.54 Å². The highest BCUT2D eigenvalue weighted by Gasteiger charge is 2.15. The van der Waals surface area contributed by atoms with Crippen molar-refractivity contribution in [3.05, 3.63) is 29.7 Å². The Bertz CT molecular complexity index is 531. The first-order chi connectivity index (χ1) is 9.11. The predicted octanol–water partition coefficient (Wildman–Crippen LogP) is 3.69. The molecule has 1 aromatic heterocycles. The normalized spacial score (nSPS) is 13.3. The maximum absolute atomic E-state index is 5.86. The van der Waals surface area contributed by atoms with Crippen LogP contribution in [0.1, 0.15) is 38.1 Å². The van der Waals surface area contributed by atoms with Crippen LogP contribution in [0.25, 0.3) is 11.1 Å². The Balaban J connectivity index is 2.07. The standard InChI is InChI=1S/C16H24N2O/c1-11(2)13(9-10-17)7-8-15-18-14-6-4-5-12(3)16(14)19-15/h4-6,11,13H,7-10,17H2,1-3H3. The second-order valence-electron chi connectivity index (χ2n) is 5.65. The number of hydrogen-bond donors (Lipinski definition) is 1. The summed E-state index contributed by atoms with van der Waals surface area (Å²) in [5, 5.41) is 0. The van der Waals surface area contributed by atoms with Gasteiger partial charge in [0.05, 0.1) is 0 Å². The van der Waals surface area contributed by atoms with Gasteiger partial charge in [0.2, 0.25) is 0 Å². The van der Waals surface area contributed by atoms with E-state index < -0.39 is 0 Å². The first-order valence-corrected chi connectivity index (χ1v) is 7.17. The Morgan fingerprint density at radius 1 is 1.26 bits per heavy atom. The van der Waals surface area contributed by atoms with Crippen LogP contribution in [0.4, 0.5) is 0 Å². The minimum absolute atomic E-state index is 0.654. The molecule has 0 saturated carbocycles. The molecule has 3 nitrogen and oxygen atoms in total. The van der Waals surface area contributed by atoms with Crippen molar-refractivity contribution in [3.8, 4) is 0 Å². The van der Waals surface area contributed by atoms with Crippen molar-refractivity contribution in [1.82, 2.24) is 4.98 Å². The second kappa shape index (κ2) is 6.20. The number of benzene rings is 1. The first-order valence-electron chi connectivity index (χ1n) is 7.17. The summed E-state index contributed by atoms with van der Waals surface area (Å²) in [6.45, 7) is 7.34. The van der Waals surface area contributed by atoms with Gasteiger partial charge in [0, 0.05) is 6.42 Å². The third-order valence-corrected chi connectivity index (χ3v) is 3.87. The number of aromatic nitrogens is 1. The van der Waals surface area contributed by atoms with Crippen LogP contribution >= 0.6 is 0 Å². The molecule has 1 unspecified atom stereocenters. The van der Waals surface area contributed by atoms with Gasteiger partial charge in [-0.05, 0) is 49.8 Å². The molecule has 0 fully saturated rings.